The van der Waals surface area contributed by atoms with E-state index in [1.54, 1.807) is 0 Å². The molecule has 0 atom stereocenters. The second-order valence-electron chi connectivity index (χ2n) is 2.61. The Morgan fingerprint density at radius 3 is 2.67 bits per heavy atom. The minimum absolute atomic E-state index is 0.149. The molecule has 1 saturated heterocycles. The zero-order chi connectivity index (χ0) is 6.74. The van der Waals surface area contributed by atoms with E-state index in [9.17, 15) is 0 Å². The van der Waals surface area contributed by atoms with Crippen molar-refractivity contribution in [2.24, 2.45) is 5.41 Å². The first-order valence-electron chi connectivity index (χ1n) is 2.92. The first kappa shape index (κ1) is 6.31. The predicted octanol–water partition coefficient (Wildman–Crippen LogP) is 1.10. The number of hydrogen-bond donors (Lipinski definition) is 0. The number of ether oxygens (including phenoxy) is 1. The van der Waals surface area contributed by atoms with Gasteiger partial charge < -0.3 is 4.74 Å². The number of hydrogen-bond acceptors (Lipinski definition) is 2. The molecule has 0 N–H and O–H groups in total. The van der Waals surface area contributed by atoms with Gasteiger partial charge in [-0.15, -0.1) is 0 Å². The van der Waals surface area contributed by atoms with Crippen LogP contribution in [0.5, 0.6) is 0 Å². The normalized spacial score (nSPS) is 23.1. The van der Waals surface area contributed by atoms with Gasteiger partial charge in [0.2, 0.25) is 0 Å². The zero-order valence-corrected chi connectivity index (χ0v) is 5.42. The molecular formula is C7H9NO. The maximum atomic E-state index is 8.17. The molecule has 1 rings (SSSR count). The highest BCUT2D eigenvalue weighted by atomic mass is 16.5. The van der Waals surface area contributed by atoms with E-state index >= 15 is 0 Å². The Morgan fingerprint density at radius 2 is 2.33 bits per heavy atom. The van der Waals surface area contributed by atoms with E-state index in [2.05, 4.69) is 6.92 Å². The predicted molar refractivity (Wildman–Crippen MR) is 33.7 cm³/mol. The highest BCUT2D eigenvalue weighted by molar-refractivity contribution is 5.10. The first-order valence-corrected chi connectivity index (χ1v) is 2.92. The summed E-state index contributed by atoms with van der Waals surface area (Å²) in [6, 6.07) is 1.96. The molecule has 0 aromatic carbocycles. The van der Waals surface area contributed by atoms with Gasteiger partial charge in [0.15, 0.2) is 0 Å². The number of nitriles is 1. The lowest BCUT2D eigenvalue weighted by Gasteiger charge is -2.34. The number of allylic oxidation sites excluding steroid dienone is 1. The maximum absolute atomic E-state index is 8.17. The maximum Gasteiger partial charge on any atom is 0.0908 e. The fourth-order valence-electron chi connectivity index (χ4n) is 0.759. The van der Waals surface area contributed by atoms with Gasteiger partial charge in [-0.05, 0) is 0 Å². The topological polar surface area (TPSA) is 33.0 Å². The van der Waals surface area contributed by atoms with Crippen molar-refractivity contribution in [3.05, 3.63) is 12.2 Å². The molecule has 0 radical (unpaired) electrons. The molecule has 0 aromatic heterocycles. The van der Waals surface area contributed by atoms with Gasteiger partial charge in [0, 0.05) is 11.5 Å². The summed E-state index contributed by atoms with van der Waals surface area (Å²) in [7, 11) is 0. The van der Waals surface area contributed by atoms with E-state index in [-0.39, 0.29) is 5.41 Å². The second-order valence-corrected chi connectivity index (χ2v) is 2.61. The molecule has 0 spiro atoms. The third-order valence-corrected chi connectivity index (χ3v) is 1.42. The van der Waals surface area contributed by atoms with E-state index in [0.29, 0.717) is 0 Å². The minimum atomic E-state index is 0.149. The molecule has 0 saturated carbocycles. The lowest BCUT2D eigenvalue weighted by Crippen LogP contribution is -2.37. The van der Waals surface area contributed by atoms with Gasteiger partial charge in [0.25, 0.3) is 0 Å². The molecule has 48 valence electrons. The van der Waals surface area contributed by atoms with Crippen molar-refractivity contribution in [1.29, 1.82) is 5.26 Å². The summed E-state index contributed by atoms with van der Waals surface area (Å²) in [5, 5.41) is 8.17. The average molecular weight is 123 g/mol. The highest BCUT2D eigenvalue weighted by Crippen LogP contribution is 2.27. The van der Waals surface area contributed by atoms with Gasteiger partial charge in [0.1, 0.15) is 0 Å². The molecule has 0 unspecified atom stereocenters. The summed E-state index contributed by atoms with van der Waals surface area (Å²) in [5.74, 6) is 0. The Morgan fingerprint density at radius 1 is 1.67 bits per heavy atom. The Bertz CT molecular complexity index is 162. The van der Waals surface area contributed by atoms with Crippen LogP contribution in [-0.2, 0) is 4.74 Å². The molecular weight excluding hydrogens is 114 g/mol. The van der Waals surface area contributed by atoms with Crippen LogP contribution in [0.15, 0.2) is 12.2 Å². The van der Waals surface area contributed by atoms with Crippen LogP contribution in [0.1, 0.15) is 6.92 Å². The van der Waals surface area contributed by atoms with E-state index in [0.717, 1.165) is 13.2 Å². The second kappa shape index (κ2) is 2.20. The quantitative estimate of drug-likeness (QED) is 0.489. The van der Waals surface area contributed by atoms with Crippen molar-refractivity contribution in [2.45, 2.75) is 6.92 Å². The SMILES string of the molecule is CC1(/C=C/C#N)COC1. The first-order chi connectivity index (χ1) is 4.27. The largest absolute Gasteiger partial charge is 0.379 e. The van der Waals surface area contributed by atoms with Crippen molar-refractivity contribution in [1.82, 2.24) is 0 Å². The van der Waals surface area contributed by atoms with Crippen LogP contribution in [0.25, 0.3) is 0 Å². The Kier molecular flexibility index (Phi) is 1.54. The van der Waals surface area contributed by atoms with Crippen LogP contribution >= 0.6 is 0 Å². The molecule has 0 aliphatic carbocycles. The lowest BCUT2D eigenvalue weighted by atomic mass is 9.88. The Hall–Kier alpha value is -0.810. The van der Waals surface area contributed by atoms with Crippen LogP contribution in [-0.4, -0.2) is 13.2 Å². The molecule has 1 heterocycles. The van der Waals surface area contributed by atoms with E-state index in [1.807, 2.05) is 12.1 Å². The van der Waals surface area contributed by atoms with Gasteiger partial charge in [0.05, 0.1) is 19.3 Å². The van der Waals surface area contributed by atoms with Gasteiger partial charge in [-0.1, -0.05) is 13.0 Å². The summed E-state index contributed by atoms with van der Waals surface area (Å²) < 4.78 is 4.97. The zero-order valence-electron chi connectivity index (χ0n) is 5.42. The number of nitrogens with zero attached hydrogens (tertiary/aromatic N) is 1. The summed E-state index contributed by atoms with van der Waals surface area (Å²) in [5.41, 5.74) is 0.149. The van der Waals surface area contributed by atoms with Crippen LogP contribution in [0, 0.1) is 16.7 Å². The Balaban J connectivity index is 2.43. The van der Waals surface area contributed by atoms with Crippen molar-refractivity contribution in [2.75, 3.05) is 13.2 Å². The highest BCUT2D eigenvalue weighted by Gasteiger charge is 2.29. The van der Waals surface area contributed by atoms with E-state index < -0.39 is 0 Å². The van der Waals surface area contributed by atoms with Crippen LogP contribution in [0.3, 0.4) is 0 Å². The van der Waals surface area contributed by atoms with Crippen LogP contribution < -0.4 is 0 Å². The molecule has 1 fully saturated rings. The average Bonchev–Trinajstić information content (AvgIpc) is 1.79. The van der Waals surface area contributed by atoms with Crippen LogP contribution in [0.4, 0.5) is 0 Å². The molecule has 9 heavy (non-hydrogen) atoms. The molecule has 1 aliphatic rings. The fourth-order valence-corrected chi connectivity index (χ4v) is 0.759. The van der Waals surface area contributed by atoms with Crippen molar-refractivity contribution in [3.8, 4) is 6.07 Å². The summed E-state index contributed by atoms with van der Waals surface area (Å²) >= 11 is 0. The Labute approximate surface area is 54.7 Å². The third kappa shape index (κ3) is 1.30. The third-order valence-electron chi connectivity index (χ3n) is 1.42. The molecule has 0 aromatic rings. The molecule has 0 amide bonds. The molecule has 0 bridgehead atoms. The van der Waals surface area contributed by atoms with Crippen molar-refractivity contribution in [3.63, 3.8) is 0 Å². The van der Waals surface area contributed by atoms with Gasteiger partial charge >= 0.3 is 0 Å². The standard InChI is InChI=1S/C7H9NO/c1-7(3-2-4-8)5-9-6-7/h2-3H,5-6H2,1H3/b3-2+. The number of rotatable bonds is 1. The van der Waals surface area contributed by atoms with Gasteiger partial charge in [-0.2, -0.15) is 5.26 Å². The van der Waals surface area contributed by atoms with Crippen molar-refractivity contribution < 1.29 is 4.74 Å². The van der Waals surface area contributed by atoms with Gasteiger partial charge in [-0.25, -0.2) is 0 Å². The summed E-state index contributed by atoms with van der Waals surface area (Å²) in [6.07, 6.45) is 3.42. The smallest absolute Gasteiger partial charge is 0.0908 e. The molecule has 1 aliphatic heterocycles. The minimum Gasteiger partial charge on any atom is -0.379 e. The summed E-state index contributed by atoms with van der Waals surface area (Å²) in [6.45, 7) is 3.58. The lowest BCUT2D eigenvalue weighted by molar-refractivity contribution is -0.0708. The molecule has 2 nitrogen and oxygen atoms in total. The van der Waals surface area contributed by atoms with Crippen molar-refractivity contribution >= 4 is 0 Å². The van der Waals surface area contributed by atoms with E-state index in [4.69, 9.17) is 10.00 Å². The fraction of sp³-hybridized carbons (Fsp3) is 0.571. The van der Waals surface area contributed by atoms with Crippen LogP contribution in [0.2, 0.25) is 0 Å². The summed E-state index contributed by atoms with van der Waals surface area (Å²) in [4.78, 5) is 0. The van der Waals surface area contributed by atoms with E-state index in [1.165, 1.54) is 6.08 Å². The molecule has 2 heteroatoms. The monoisotopic (exact) mass is 123 g/mol. The van der Waals surface area contributed by atoms with Gasteiger partial charge in [-0.3, -0.25) is 0 Å².